The first-order chi connectivity index (χ1) is 11.1. The van der Waals surface area contributed by atoms with Crippen molar-refractivity contribution in [2.75, 3.05) is 5.32 Å². The highest BCUT2D eigenvalue weighted by atomic mass is 14.9. The molecule has 0 fully saturated rings. The summed E-state index contributed by atoms with van der Waals surface area (Å²) in [4.78, 5) is 0. The van der Waals surface area contributed by atoms with E-state index in [1.54, 1.807) is 0 Å². The van der Waals surface area contributed by atoms with Gasteiger partial charge >= 0.3 is 0 Å². The molecule has 0 aliphatic heterocycles. The van der Waals surface area contributed by atoms with Crippen molar-refractivity contribution in [1.29, 1.82) is 0 Å². The van der Waals surface area contributed by atoms with Gasteiger partial charge < -0.3 is 5.32 Å². The molecule has 0 amide bonds. The second-order valence-electron chi connectivity index (χ2n) is 2.46. The number of hydrogen-bond donors (Lipinski definition) is 1. The van der Waals surface area contributed by atoms with Gasteiger partial charge in [0.15, 0.2) is 0 Å². The molecule has 0 bridgehead atoms. The fourth-order valence-corrected chi connectivity index (χ4v) is 0.879. The van der Waals surface area contributed by atoms with E-state index in [9.17, 15) is 0 Å². The van der Waals surface area contributed by atoms with E-state index >= 15 is 0 Å². The van der Waals surface area contributed by atoms with E-state index in [0.717, 1.165) is 0 Å². The second kappa shape index (κ2) is 4.47. The number of para-hydroxylation sites is 1. The maximum Gasteiger partial charge on any atom is 0.0645 e. The van der Waals surface area contributed by atoms with E-state index in [0.29, 0.717) is 0 Å². The summed E-state index contributed by atoms with van der Waals surface area (Å²) < 4.78 is 76.7. The fourth-order valence-electron chi connectivity index (χ4n) is 0.879. The summed E-state index contributed by atoms with van der Waals surface area (Å²) in [5.41, 5.74) is -0.236. The van der Waals surface area contributed by atoms with Crippen molar-refractivity contribution in [2.45, 2.75) is 6.54 Å². The number of nitrogens with one attached hydrogen (secondary N) is 1. The minimum Gasteiger partial charge on any atom is -0.381 e. The Morgan fingerprint density at radius 3 is 2.07 bits per heavy atom. The summed E-state index contributed by atoms with van der Waals surface area (Å²) in [5, 5.41) is 2.60. The SMILES string of the molecule is [2H]c1c([2H])c([2H])c(CNc2c([2H])c([2H])c([2H])c([2H])c2[2H])c([2H])c1[2H]. The van der Waals surface area contributed by atoms with Crippen LogP contribution in [-0.2, 0) is 6.54 Å². The highest BCUT2D eigenvalue weighted by Crippen LogP contribution is 2.07. The number of rotatable bonds is 3. The molecule has 14 heavy (non-hydrogen) atoms. The van der Waals surface area contributed by atoms with Crippen LogP contribution >= 0.6 is 0 Å². The van der Waals surface area contributed by atoms with Crippen molar-refractivity contribution in [3.63, 3.8) is 0 Å². The van der Waals surface area contributed by atoms with Gasteiger partial charge in [0.2, 0.25) is 0 Å². The second-order valence-corrected chi connectivity index (χ2v) is 2.46. The van der Waals surface area contributed by atoms with Crippen LogP contribution in [0.1, 0.15) is 19.3 Å². The molecule has 1 nitrogen and oxygen atoms in total. The Morgan fingerprint density at radius 1 is 0.857 bits per heavy atom. The number of benzene rings is 2. The van der Waals surface area contributed by atoms with Gasteiger partial charge in [-0.1, -0.05) is 48.3 Å². The third-order valence-electron chi connectivity index (χ3n) is 1.49. The first kappa shape index (κ1) is 2.86. The molecule has 1 N–H and O–H groups in total. The predicted octanol–water partition coefficient (Wildman–Crippen LogP) is 3.30. The van der Waals surface area contributed by atoms with Crippen molar-refractivity contribution in [2.24, 2.45) is 0 Å². The normalized spacial score (nSPS) is 19.7. The lowest BCUT2D eigenvalue weighted by atomic mass is 10.2. The molecule has 2 aromatic carbocycles. The number of hydrogen-bond acceptors (Lipinski definition) is 1. The zero-order valence-electron chi connectivity index (χ0n) is 17.2. The van der Waals surface area contributed by atoms with Crippen molar-refractivity contribution in [3.05, 3.63) is 66.0 Å². The summed E-state index contributed by atoms with van der Waals surface area (Å²) in [5.74, 6) is 0. The Labute approximate surface area is 98.5 Å². The molecule has 0 saturated heterocycles. The lowest BCUT2D eigenvalue weighted by molar-refractivity contribution is 1.15. The average molecular weight is 193 g/mol. The van der Waals surface area contributed by atoms with Gasteiger partial charge in [0.25, 0.3) is 0 Å². The summed E-state index contributed by atoms with van der Waals surface area (Å²) >= 11 is 0. The average Bonchev–Trinajstić information content (AvgIpc) is 2.57. The molecular weight excluding hydrogens is 170 g/mol. The minimum absolute atomic E-state index is 0.0483. The lowest BCUT2D eigenvalue weighted by Crippen LogP contribution is -1.98. The quantitative estimate of drug-likeness (QED) is 0.788. The van der Waals surface area contributed by atoms with Crippen molar-refractivity contribution in [3.8, 4) is 0 Å². The summed E-state index contributed by atoms with van der Waals surface area (Å²) in [6.45, 7) is -0.274. The van der Waals surface area contributed by atoms with Gasteiger partial charge in [-0.05, 0) is 17.6 Å². The molecule has 2 aromatic rings. The molecule has 70 valence electrons. The smallest absolute Gasteiger partial charge is 0.0645 e. The Morgan fingerprint density at radius 2 is 1.43 bits per heavy atom. The zero-order chi connectivity index (χ0) is 18.3. The van der Waals surface area contributed by atoms with E-state index in [1.807, 2.05) is 0 Å². The van der Waals surface area contributed by atoms with E-state index in [1.165, 1.54) is 0 Å². The van der Waals surface area contributed by atoms with E-state index in [4.69, 9.17) is 13.7 Å². The molecule has 1 heteroatoms. The monoisotopic (exact) mass is 193 g/mol. The fraction of sp³-hybridized carbons (Fsp3) is 0.0769. The van der Waals surface area contributed by atoms with E-state index in [2.05, 4.69) is 5.32 Å². The molecule has 0 spiro atoms. The van der Waals surface area contributed by atoms with Gasteiger partial charge in [-0.15, -0.1) is 0 Å². The van der Waals surface area contributed by atoms with Crippen LogP contribution in [0.4, 0.5) is 5.69 Å². The zero-order valence-corrected chi connectivity index (χ0v) is 7.21. The summed E-state index contributed by atoms with van der Waals surface area (Å²) in [7, 11) is 0. The van der Waals surface area contributed by atoms with Gasteiger partial charge in [0.05, 0.1) is 13.7 Å². The molecule has 0 unspecified atom stereocenters. The summed E-state index contributed by atoms with van der Waals surface area (Å²) in [6, 6.07) is -4.76. The van der Waals surface area contributed by atoms with E-state index < -0.39 is 60.4 Å². The maximum absolute atomic E-state index is 7.82. The highest BCUT2D eigenvalue weighted by Gasteiger charge is 1.90. The van der Waals surface area contributed by atoms with Crippen LogP contribution in [0.5, 0.6) is 0 Å². The van der Waals surface area contributed by atoms with E-state index in [-0.39, 0.29) is 17.8 Å². The molecular formula is C13H13N. The van der Waals surface area contributed by atoms with Gasteiger partial charge in [-0.25, -0.2) is 0 Å². The molecule has 0 saturated carbocycles. The largest absolute Gasteiger partial charge is 0.381 e. The third kappa shape index (κ3) is 2.36. The number of anilines is 1. The van der Waals surface area contributed by atoms with Crippen molar-refractivity contribution < 1.29 is 13.7 Å². The van der Waals surface area contributed by atoms with Crippen molar-refractivity contribution in [1.82, 2.24) is 0 Å². The Bertz CT molecular complexity index is 705. The van der Waals surface area contributed by atoms with Crippen LogP contribution in [-0.4, -0.2) is 0 Å². The van der Waals surface area contributed by atoms with Crippen LogP contribution in [0.25, 0.3) is 0 Å². The standard InChI is InChI=1S/C13H13N/c1-3-7-12(8-4-1)11-14-13-9-5-2-6-10-13/h1-10,14H,11H2/i1D,2D,3D,4D,5D,6D,7D,8D,9D,10D. The topological polar surface area (TPSA) is 12.0 Å². The van der Waals surface area contributed by atoms with Crippen LogP contribution in [0.15, 0.2) is 60.4 Å². The highest BCUT2D eigenvalue weighted by molar-refractivity contribution is 5.43. The first-order valence-electron chi connectivity index (χ1n) is 8.96. The molecule has 0 radical (unpaired) electrons. The Balaban J connectivity index is 2.48. The Kier molecular flexibility index (Phi) is 0.914. The van der Waals surface area contributed by atoms with Crippen LogP contribution in [0, 0.1) is 0 Å². The molecule has 0 aliphatic rings. The molecule has 0 aromatic heterocycles. The first-order valence-corrected chi connectivity index (χ1v) is 3.96. The van der Waals surface area contributed by atoms with Gasteiger partial charge in [-0.3, -0.25) is 0 Å². The van der Waals surface area contributed by atoms with Gasteiger partial charge in [0.1, 0.15) is 0 Å². The molecule has 0 heterocycles. The van der Waals surface area contributed by atoms with Crippen LogP contribution in [0.3, 0.4) is 0 Å². The molecule has 0 atom stereocenters. The predicted molar refractivity (Wildman–Crippen MR) is 60.2 cm³/mol. The van der Waals surface area contributed by atoms with Gasteiger partial charge in [-0.2, -0.15) is 0 Å². The Hall–Kier alpha value is -1.76. The summed E-state index contributed by atoms with van der Waals surface area (Å²) in [6.07, 6.45) is 0. The molecule has 2 rings (SSSR count). The minimum atomic E-state index is -0.529. The van der Waals surface area contributed by atoms with Crippen LogP contribution < -0.4 is 5.32 Å². The van der Waals surface area contributed by atoms with Gasteiger partial charge in [0, 0.05) is 12.2 Å². The van der Waals surface area contributed by atoms with Crippen molar-refractivity contribution >= 4 is 5.69 Å². The third-order valence-corrected chi connectivity index (χ3v) is 1.49. The van der Waals surface area contributed by atoms with Crippen LogP contribution in [0.2, 0.25) is 0 Å². The molecule has 0 aliphatic carbocycles. The maximum atomic E-state index is 7.82. The lowest BCUT2D eigenvalue weighted by Gasteiger charge is -2.05.